The number of aromatic nitrogens is 1. The number of nitrogens with one attached hydrogen (secondary N) is 1. The maximum absolute atomic E-state index is 14.2. The van der Waals surface area contributed by atoms with Gasteiger partial charge in [0.15, 0.2) is 17.5 Å². The number of hydrogen-bond donors (Lipinski definition) is 2. The molecule has 27 heavy (non-hydrogen) atoms. The number of para-hydroxylation sites is 2. The largest absolute Gasteiger partial charge is 0.495 e. The first-order chi connectivity index (χ1) is 13.2. The van der Waals surface area contributed by atoms with E-state index in [4.69, 9.17) is 15.2 Å². The van der Waals surface area contributed by atoms with Crippen LogP contribution >= 0.6 is 0 Å². The number of hydrogen-bond acceptors (Lipinski definition) is 4. The monoisotopic (exact) mass is 366 g/mol. The molecule has 3 rings (SSSR count). The van der Waals surface area contributed by atoms with Crippen LogP contribution in [0.2, 0.25) is 0 Å². The van der Waals surface area contributed by atoms with Gasteiger partial charge in [-0.25, -0.2) is 9.38 Å². The van der Waals surface area contributed by atoms with Crippen LogP contribution in [0.15, 0.2) is 72.0 Å². The third kappa shape index (κ3) is 4.94. The third-order valence-corrected chi connectivity index (χ3v) is 3.66. The summed E-state index contributed by atoms with van der Waals surface area (Å²) in [5.74, 6) is 0.959. The lowest BCUT2D eigenvalue weighted by Gasteiger charge is -2.10. The fourth-order valence-corrected chi connectivity index (χ4v) is 2.36. The summed E-state index contributed by atoms with van der Waals surface area (Å²) in [5, 5.41) is 2.97. The highest BCUT2D eigenvalue weighted by atomic mass is 19.1. The number of nitrogens with zero attached hydrogens (tertiary/aromatic N) is 2. The summed E-state index contributed by atoms with van der Waals surface area (Å²) in [6, 6.07) is 15.4. The molecule has 0 aliphatic rings. The molecular formula is C20H19FN4O2. The van der Waals surface area contributed by atoms with Gasteiger partial charge in [-0.05, 0) is 42.0 Å². The van der Waals surface area contributed by atoms with Crippen LogP contribution in [0.4, 0.5) is 10.1 Å². The molecule has 6 nitrogen and oxygen atoms in total. The number of guanidine groups is 1. The lowest BCUT2D eigenvalue weighted by molar-refractivity contribution is 0.417. The van der Waals surface area contributed by atoms with Crippen molar-refractivity contribution >= 4 is 11.6 Å². The van der Waals surface area contributed by atoms with E-state index >= 15 is 0 Å². The molecule has 0 atom stereocenters. The fraction of sp³-hybridized carbons (Fsp3) is 0.100. The van der Waals surface area contributed by atoms with Gasteiger partial charge in [0.1, 0.15) is 11.5 Å². The van der Waals surface area contributed by atoms with E-state index in [1.54, 1.807) is 37.6 Å². The van der Waals surface area contributed by atoms with Gasteiger partial charge in [0.2, 0.25) is 0 Å². The Morgan fingerprint density at radius 1 is 1.15 bits per heavy atom. The average molecular weight is 366 g/mol. The lowest BCUT2D eigenvalue weighted by Crippen LogP contribution is -2.22. The molecule has 0 saturated heterocycles. The van der Waals surface area contributed by atoms with Gasteiger partial charge in [-0.3, -0.25) is 4.98 Å². The average Bonchev–Trinajstić information content (AvgIpc) is 2.69. The van der Waals surface area contributed by atoms with Crippen molar-refractivity contribution in [2.45, 2.75) is 6.54 Å². The standard InChI is InChI=1S/C20H19FN4O2/c1-26-19-7-3-2-6-17(19)25-20(22)24-12-14-8-9-18(16(21)11-14)27-15-5-4-10-23-13-15/h2-11,13H,12H2,1H3,(H3,22,24,25). The lowest BCUT2D eigenvalue weighted by atomic mass is 10.2. The second-order valence-corrected chi connectivity index (χ2v) is 5.58. The molecule has 3 aromatic rings. The first-order valence-corrected chi connectivity index (χ1v) is 8.22. The molecule has 1 aromatic heterocycles. The molecule has 7 heteroatoms. The Bertz CT molecular complexity index is 932. The van der Waals surface area contributed by atoms with Crippen molar-refractivity contribution < 1.29 is 13.9 Å². The van der Waals surface area contributed by atoms with E-state index < -0.39 is 5.82 Å². The second kappa shape index (κ2) is 8.66. The van der Waals surface area contributed by atoms with Crippen LogP contribution in [-0.4, -0.2) is 18.1 Å². The molecule has 0 bridgehead atoms. The number of ether oxygens (including phenoxy) is 2. The van der Waals surface area contributed by atoms with Crippen molar-refractivity contribution in [3.8, 4) is 17.2 Å². The number of pyridine rings is 1. The van der Waals surface area contributed by atoms with E-state index in [0.29, 0.717) is 22.7 Å². The molecule has 0 amide bonds. The van der Waals surface area contributed by atoms with Crippen molar-refractivity contribution in [1.29, 1.82) is 0 Å². The Morgan fingerprint density at radius 3 is 2.74 bits per heavy atom. The summed E-state index contributed by atoms with van der Waals surface area (Å²) >= 11 is 0. The minimum Gasteiger partial charge on any atom is -0.495 e. The summed E-state index contributed by atoms with van der Waals surface area (Å²) in [4.78, 5) is 8.16. The van der Waals surface area contributed by atoms with Gasteiger partial charge in [0, 0.05) is 6.20 Å². The number of halogens is 1. The van der Waals surface area contributed by atoms with E-state index in [1.165, 1.54) is 12.3 Å². The topological polar surface area (TPSA) is 81.8 Å². The zero-order valence-electron chi connectivity index (χ0n) is 14.7. The Balaban J connectivity index is 1.65. The van der Waals surface area contributed by atoms with Crippen molar-refractivity contribution in [2.75, 3.05) is 12.4 Å². The maximum atomic E-state index is 14.2. The molecule has 1 heterocycles. The third-order valence-electron chi connectivity index (χ3n) is 3.66. The smallest absolute Gasteiger partial charge is 0.193 e. The number of anilines is 1. The molecule has 0 aliphatic carbocycles. The second-order valence-electron chi connectivity index (χ2n) is 5.58. The van der Waals surface area contributed by atoms with E-state index in [9.17, 15) is 4.39 Å². The van der Waals surface area contributed by atoms with Crippen LogP contribution in [0.1, 0.15) is 5.56 Å². The van der Waals surface area contributed by atoms with Crippen molar-refractivity contribution in [2.24, 2.45) is 10.7 Å². The number of benzene rings is 2. The molecule has 3 N–H and O–H groups in total. The van der Waals surface area contributed by atoms with Gasteiger partial charge >= 0.3 is 0 Å². The molecular weight excluding hydrogens is 347 g/mol. The number of methoxy groups -OCH3 is 1. The quantitative estimate of drug-likeness (QED) is 0.510. The van der Waals surface area contributed by atoms with E-state index in [1.807, 2.05) is 24.3 Å². The highest BCUT2D eigenvalue weighted by Crippen LogP contribution is 2.25. The van der Waals surface area contributed by atoms with Crippen molar-refractivity contribution in [3.63, 3.8) is 0 Å². The van der Waals surface area contributed by atoms with Crippen LogP contribution in [0, 0.1) is 5.82 Å². The Hall–Kier alpha value is -3.61. The predicted octanol–water partition coefficient (Wildman–Crippen LogP) is 3.95. The zero-order valence-corrected chi connectivity index (χ0v) is 14.7. The number of aliphatic imine (C=N–C) groups is 1. The summed E-state index contributed by atoms with van der Waals surface area (Å²) in [6.45, 7) is 0.220. The van der Waals surface area contributed by atoms with Crippen molar-refractivity contribution in [1.82, 2.24) is 4.98 Å². The SMILES string of the molecule is COc1ccccc1NC(N)=NCc1ccc(Oc2cccnc2)c(F)c1. The summed E-state index contributed by atoms with van der Waals surface area (Å²) in [5.41, 5.74) is 7.27. The minimum absolute atomic E-state index is 0.121. The van der Waals surface area contributed by atoms with Crippen LogP contribution in [-0.2, 0) is 6.54 Å². The number of rotatable bonds is 6. The normalized spacial score (nSPS) is 11.1. The van der Waals surface area contributed by atoms with Crippen molar-refractivity contribution in [3.05, 3.63) is 78.4 Å². The van der Waals surface area contributed by atoms with E-state index in [-0.39, 0.29) is 18.3 Å². The zero-order chi connectivity index (χ0) is 19.1. The van der Waals surface area contributed by atoms with Crippen LogP contribution in [0.25, 0.3) is 0 Å². The Labute approximate surface area is 156 Å². The molecule has 0 saturated carbocycles. The minimum atomic E-state index is -0.484. The first kappa shape index (κ1) is 18.2. The molecule has 0 unspecified atom stereocenters. The highest BCUT2D eigenvalue weighted by molar-refractivity contribution is 5.93. The van der Waals surface area contributed by atoms with E-state index in [2.05, 4.69) is 15.3 Å². The molecule has 0 fully saturated rings. The van der Waals surface area contributed by atoms with Crippen LogP contribution < -0.4 is 20.5 Å². The summed E-state index contributed by atoms with van der Waals surface area (Å²) in [6.07, 6.45) is 3.13. The highest BCUT2D eigenvalue weighted by Gasteiger charge is 2.07. The predicted molar refractivity (Wildman–Crippen MR) is 103 cm³/mol. The van der Waals surface area contributed by atoms with Gasteiger partial charge in [-0.2, -0.15) is 0 Å². The first-order valence-electron chi connectivity index (χ1n) is 8.22. The number of nitrogens with two attached hydrogens (primary N) is 1. The van der Waals surface area contributed by atoms with E-state index in [0.717, 1.165) is 0 Å². The molecule has 2 aromatic carbocycles. The van der Waals surface area contributed by atoms with Gasteiger partial charge in [0.05, 0.1) is 25.5 Å². The molecule has 0 aliphatic heterocycles. The Kier molecular flexibility index (Phi) is 5.84. The molecule has 0 spiro atoms. The molecule has 0 radical (unpaired) electrons. The van der Waals surface area contributed by atoms with Crippen LogP contribution in [0.5, 0.6) is 17.2 Å². The molecule has 138 valence electrons. The van der Waals surface area contributed by atoms with Gasteiger partial charge < -0.3 is 20.5 Å². The summed E-state index contributed by atoms with van der Waals surface area (Å²) in [7, 11) is 1.58. The van der Waals surface area contributed by atoms with Gasteiger partial charge in [-0.1, -0.05) is 18.2 Å². The summed E-state index contributed by atoms with van der Waals surface area (Å²) < 4.78 is 25.0. The van der Waals surface area contributed by atoms with Gasteiger partial charge in [0.25, 0.3) is 0 Å². The van der Waals surface area contributed by atoms with Gasteiger partial charge in [-0.15, -0.1) is 0 Å². The fourth-order valence-electron chi connectivity index (χ4n) is 2.36. The maximum Gasteiger partial charge on any atom is 0.193 e. The van der Waals surface area contributed by atoms with Crippen LogP contribution in [0.3, 0.4) is 0 Å². The Morgan fingerprint density at radius 2 is 2.00 bits per heavy atom.